The van der Waals surface area contributed by atoms with E-state index in [1.807, 2.05) is 30.3 Å². The number of carbonyl (C=O) groups is 4. The highest BCUT2D eigenvalue weighted by Crippen LogP contribution is 2.13. The Bertz CT molecular complexity index is 859. The average molecular weight is 476 g/mol. The lowest BCUT2D eigenvalue weighted by Gasteiger charge is -2.22. The van der Waals surface area contributed by atoms with Gasteiger partial charge in [0.1, 0.15) is 19.3 Å². The zero-order valence-electron chi connectivity index (χ0n) is 19.5. The summed E-state index contributed by atoms with van der Waals surface area (Å²) in [5.41, 5.74) is 0.812. The quantitative estimate of drug-likeness (QED) is 0.343. The van der Waals surface area contributed by atoms with Crippen molar-refractivity contribution in [1.82, 2.24) is 16.0 Å². The molecule has 1 aromatic carbocycles. The summed E-state index contributed by atoms with van der Waals surface area (Å²) in [6, 6.07) is 7.28. The monoisotopic (exact) mass is 475 g/mol. The fourth-order valence-electron chi connectivity index (χ4n) is 3.21. The van der Waals surface area contributed by atoms with Crippen LogP contribution in [0.5, 0.6) is 0 Å². The number of hydrogen-bond donors (Lipinski definition) is 4. The Morgan fingerprint density at radius 1 is 1.21 bits per heavy atom. The molecule has 4 atom stereocenters. The summed E-state index contributed by atoms with van der Waals surface area (Å²) in [5, 5.41) is 17.0. The third kappa shape index (κ3) is 9.62. The predicted molar refractivity (Wildman–Crippen MR) is 123 cm³/mol. The van der Waals surface area contributed by atoms with E-state index in [1.165, 1.54) is 0 Å². The van der Waals surface area contributed by atoms with Crippen LogP contribution in [0.15, 0.2) is 42.5 Å². The van der Waals surface area contributed by atoms with Gasteiger partial charge in [-0.1, -0.05) is 42.5 Å². The molecule has 1 aliphatic rings. The number of allylic oxidation sites excluding steroid dienone is 1. The highest BCUT2D eigenvalue weighted by Gasteiger charge is 2.26. The van der Waals surface area contributed by atoms with Gasteiger partial charge in [-0.15, -0.1) is 0 Å². The van der Waals surface area contributed by atoms with Crippen molar-refractivity contribution in [3.05, 3.63) is 48.0 Å². The zero-order valence-corrected chi connectivity index (χ0v) is 19.5. The molecular formula is C24H33N3O7. The van der Waals surface area contributed by atoms with Gasteiger partial charge in [-0.2, -0.15) is 0 Å². The van der Waals surface area contributed by atoms with E-state index in [4.69, 9.17) is 14.6 Å². The molecule has 0 fully saturated rings. The van der Waals surface area contributed by atoms with Crippen LogP contribution in [0.3, 0.4) is 0 Å². The normalized spacial score (nSPS) is 22.3. The highest BCUT2D eigenvalue weighted by atomic mass is 16.6. The first-order chi connectivity index (χ1) is 16.3. The maximum absolute atomic E-state index is 12.6. The van der Waals surface area contributed by atoms with Gasteiger partial charge < -0.3 is 30.5 Å². The molecule has 0 bridgehead atoms. The minimum atomic E-state index is -0.964. The van der Waals surface area contributed by atoms with Gasteiger partial charge in [0.2, 0.25) is 11.8 Å². The Morgan fingerprint density at radius 3 is 2.62 bits per heavy atom. The van der Waals surface area contributed by atoms with Gasteiger partial charge in [-0.3, -0.25) is 9.59 Å². The second-order valence-corrected chi connectivity index (χ2v) is 8.29. The average Bonchev–Trinajstić information content (AvgIpc) is 2.82. The number of esters is 1. The number of alkyl carbamates (subject to hydrolysis) is 1. The molecule has 0 saturated heterocycles. The highest BCUT2D eigenvalue weighted by molar-refractivity contribution is 5.86. The molecule has 0 aromatic heterocycles. The summed E-state index contributed by atoms with van der Waals surface area (Å²) in [5.74, 6) is -1.96. The molecule has 4 unspecified atom stereocenters. The SMILES string of the molecule is CC(CO)NC(=O)CC1CC=CCC(NC(=O)OCc2ccccc2)C(=O)OCC(C)NC1=O. The molecule has 0 spiro atoms. The molecule has 3 amide bonds. The number of carbonyl (C=O) groups excluding carboxylic acids is 4. The standard InChI is InChI=1S/C24H33N3O7/c1-16(13-28)25-21(29)12-19-10-6-7-11-20(23(31)33-14-17(2)26-22(19)30)27-24(32)34-15-18-8-4-3-5-9-18/h3-9,16-17,19-20,28H,10-15H2,1-2H3,(H,25,29)(H,26,30)(H,27,32). The molecule has 1 aromatic rings. The molecule has 10 heteroatoms. The molecular weight excluding hydrogens is 442 g/mol. The van der Waals surface area contributed by atoms with Crippen LogP contribution >= 0.6 is 0 Å². The van der Waals surface area contributed by atoms with E-state index in [0.29, 0.717) is 0 Å². The lowest BCUT2D eigenvalue weighted by atomic mass is 9.98. The van der Waals surface area contributed by atoms with Crippen molar-refractivity contribution < 1.29 is 33.8 Å². The predicted octanol–water partition coefficient (Wildman–Crippen LogP) is 1.18. The number of aliphatic hydroxyl groups is 1. The Morgan fingerprint density at radius 2 is 1.91 bits per heavy atom. The minimum absolute atomic E-state index is 0.0550. The molecule has 1 heterocycles. The Labute approximate surface area is 199 Å². The maximum Gasteiger partial charge on any atom is 0.408 e. The molecule has 0 radical (unpaired) electrons. The van der Waals surface area contributed by atoms with E-state index in [2.05, 4.69) is 16.0 Å². The number of cyclic esters (lactones) is 1. The maximum atomic E-state index is 12.6. The summed E-state index contributed by atoms with van der Waals surface area (Å²) in [7, 11) is 0. The van der Waals surface area contributed by atoms with E-state index in [-0.39, 0.29) is 50.9 Å². The van der Waals surface area contributed by atoms with Crippen molar-refractivity contribution in [3.63, 3.8) is 0 Å². The number of ether oxygens (including phenoxy) is 2. The lowest BCUT2D eigenvalue weighted by Crippen LogP contribution is -2.45. The van der Waals surface area contributed by atoms with Gasteiger partial charge in [0, 0.05) is 12.5 Å². The third-order valence-electron chi connectivity index (χ3n) is 5.10. The van der Waals surface area contributed by atoms with Gasteiger partial charge in [-0.05, 0) is 32.3 Å². The summed E-state index contributed by atoms with van der Waals surface area (Å²) in [6.07, 6.45) is 2.94. The number of hydrogen-bond acceptors (Lipinski definition) is 7. The fraction of sp³-hybridized carbons (Fsp3) is 0.500. The lowest BCUT2D eigenvalue weighted by molar-refractivity contribution is -0.147. The van der Waals surface area contributed by atoms with E-state index in [1.54, 1.807) is 26.0 Å². The second-order valence-electron chi connectivity index (χ2n) is 8.29. The van der Waals surface area contributed by atoms with Gasteiger partial charge in [0.05, 0.1) is 18.6 Å². The summed E-state index contributed by atoms with van der Waals surface area (Å²) >= 11 is 0. The van der Waals surface area contributed by atoms with E-state index in [0.717, 1.165) is 5.56 Å². The van der Waals surface area contributed by atoms with Crippen molar-refractivity contribution in [1.29, 1.82) is 0 Å². The summed E-state index contributed by atoms with van der Waals surface area (Å²) in [4.78, 5) is 49.5. The molecule has 1 aliphatic heterocycles. The van der Waals surface area contributed by atoms with Crippen LogP contribution in [0.1, 0.15) is 38.7 Å². The second kappa shape index (κ2) is 14.0. The van der Waals surface area contributed by atoms with Crippen LogP contribution in [0.2, 0.25) is 0 Å². The zero-order chi connectivity index (χ0) is 24.9. The van der Waals surface area contributed by atoms with Crippen molar-refractivity contribution in [2.24, 2.45) is 5.92 Å². The number of aliphatic hydroxyl groups excluding tert-OH is 1. The Kier molecular flexibility index (Phi) is 11.0. The molecule has 186 valence electrons. The van der Waals surface area contributed by atoms with E-state index < -0.39 is 36.1 Å². The topological polar surface area (TPSA) is 143 Å². The van der Waals surface area contributed by atoms with Crippen LogP contribution in [-0.2, 0) is 30.5 Å². The van der Waals surface area contributed by atoms with Gasteiger partial charge in [-0.25, -0.2) is 9.59 Å². The van der Waals surface area contributed by atoms with Crippen LogP contribution in [0.25, 0.3) is 0 Å². The van der Waals surface area contributed by atoms with E-state index >= 15 is 0 Å². The largest absolute Gasteiger partial charge is 0.462 e. The first-order valence-corrected chi connectivity index (χ1v) is 11.3. The number of nitrogens with one attached hydrogen (secondary N) is 3. The van der Waals surface area contributed by atoms with Crippen LogP contribution < -0.4 is 16.0 Å². The molecule has 0 saturated carbocycles. The Hall–Kier alpha value is -3.40. The van der Waals surface area contributed by atoms with Crippen molar-refractivity contribution in [3.8, 4) is 0 Å². The summed E-state index contributed by atoms with van der Waals surface area (Å²) in [6.45, 7) is 3.10. The smallest absolute Gasteiger partial charge is 0.408 e. The molecule has 34 heavy (non-hydrogen) atoms. The van der Waals surface area contributed by atoms with Crippen LogP contribution in [-0.4, -0.2) is 60.3 Å². The number of rotatable bonds is 7. The molecule has 10 nitrogen and oxygen atoms in total. The molecule has 2 rings (SSSR count). The molecule has 4 N–H and O–H groups in total. The van der Waals surface area contributed by atoms with Crippen LogP contribution in [0, 0.1) is 5.92 Å². The third-order valence-corrected chi connectivity index (χ3v) is 5.10. The van der Waals surface area contributed by atoms with Crippen molar-refractivity contribution in [2.75, 3.05) is 13.2 Å². The van der Waals surface area contributed by atoms with Gasteiger partial charge in [0.25, 0.3) is 0 Å². The first kappa shape index (κ1) is 26.8. The van der Waals surface area contributed by atoms with Gasteiger partial charge >= 0.3 is 12.1 Å². The summed E-state index contributed by atoms with van der Waals surface area (Å²) < 4.78 is 10.5. The van der Waals surface area contributed by atoms with E-state index in [9.17, 15) is 19.2 Å². The fourth-order valence-corrected chi connectivity index (χ4v) is 3.21. The first-order valence-electron chi connectivity index (χ1n) is 11.3. The Balaban J connectivity index is 2.00. The van der Waals surface area contributed by atoms with Gasteiger partial charge in [0.15, 0.2) is 0 Å². The molecule has 0 aliphatic carbocycles. The van der Waals surface area contributed by atoms with Crippen molar-refractivity contribution in [2.45, 2.75) is 57.8 Å². The minimum Gasteiger partial charge on any atom is -0.462 e. The van der Waals surface area contributed by atoms with Crippen molar-refractivity contribution >= 4 is 23.9 Å². The number of amides is 3. The van der Waals surface area contributed by atoms with Crippen LogP contribution in [0.4, 0.5) is 4.79 Å². The number of benzene rings is 1.